The van der Waals surface area contributed by atoms with Gasteiger partial charge in [-0.25, -0.2) is 0 Å². The zero-order valence-corrected chi connectivity index (χ0v) is 38.8. The van der Waals surface area contributed by atoms with Crippen LogP contribution in [0.15, 0.2) is 159 Å². The Balaban J connectivity index is 0.000000267. The van der Waals surface area contributed by atoms with Crippen LogP contribution in [0.1, 0.15) is 85.8 Å². The molecule has 6 aromatic rings. The van der Waals surface area contributed by atoms with Crippen molar-refractivity contribution in [1.82, 2.24) is 0 Å². The van der Waals surface area contributed by atoms with Gasteiger partial charge in [0.1, 0.15) is 0 Å². The summed E-state index contributed by atoms with van der Waals surface area (Å²) in [5, 5.41) is 20.3. The Kier molecular flexibility index (Phi) is 17.2. The van der Waals surface area contributed by atoms with Gasteiger partial charge >= 0.3 is 36.6 Å². The molecule has 16 heteroatoms. The quantitative estimate of drug-likeness (QED) is 0.0748. The summed E-state index contributed by atoms with van der Waals surface area (Å²) in [5.41, 5.74) is -1.84. The van der Waals surface area contributed by atoms with Crippen LogP contribution in [-0.2, 0) is 45.1 Å². The largest absolute Gasteiger partial charge is 0.481 e. The highest BCUT2D eigenvalue weighted by atomic mass is 19.4. The molecule has 0 aromatic heterocycles. The van der Waals surface area contributed by atoms with Crippen molar-refractivity contribution in [3.8, 4) is 44.5 Å². The lowest BCUT2D eigenvalue weighted by Gasteiger charge is -2.30. The van der Waals surface area contributed by atoms with Gasteiger partial charge in [0.25, 0.3) is 0 Å². The average molecular weight is 1010 g/mol. The summed E-state index contributed by atoms with van der Waals surface area (Å²) >= 11 is 0. The van der Waals surface area contributed by atoms with E-state index < -0.39 is 69.7 Å². The van der Waals surface area contributed by atoms with Crippen LogP contribution in [0.4, 0.5) is 52.7 Å². The lowest BCUT2D eigenvalue weighted by molar-refractivity contribution is -0.145. The van der Waals surface area contributed by atoms with Gasteiger partial charge in [0.05, 0.1) is 33.1 Å². The molecular formula is C56H48F12O4. The molecule has 2 N–H and O–H groups in total. The first-order valence-corrected chi connectivity index (χ1v) is 22.3. The smallest absolute Gasteiger partial charge is 0.416 e. The fraction of sp³-hybridized carbons (Fsp3) is 0.250. The number of hydrogen-bond donors (Lipinski definition) is 2. The van der Waals surface area contributed by atoms with Gasteiger partial charge in [0, 0.05) is 0 Å². The van der Waals surface area contributed by atoms with Crippen molar-refractivity contribution in [3.05, 3.63) is 192 Å². The summed E-state index contributed by atoms with van der Waals surface area (Å²) in [4.78, 5) is 24.8. The van der Waals surface area contributed by atoms with Gasteiger partial charge < -0.3 is 10.2 Å². The number of alkyl halides is 12. The van der Waals surface area contributed by atoms with E-state index >= 15 is 0 Å². The number of aliphatic carboxylic acids is 2. The van der Waals surface area contributed by atoms with Crippen molar-refractivity contribution >= 4 is 11.9 Å². The third kappa shape index (κ3) is 12.5. The second-order valence-corrected chi connectivity index (χ2v) is 17.1. The predicted octanol–water partition coefficient (Wildman–Crippen LogP) is 17.5. The van der Waals surface area contributed by atoms with Crippen LogP contribution in [0.2, 0.25) is 0 Å². The maximum atomic E-state index is 13.1. The van der Waals surface area contributed by atoms with Crippen molar-refractivity contribution in [3.63, 3.8) is 0 Å². The zero-order chi connectivity index (χ0) is 53.5. The molecule has 0 saturated heterocycles. The molecule has 0 aliphatic carbocycles. The number of benzene rings is 6. The lowest BCUT2D eigenvalue weighted by Crippen LogP contribution is -2.35. The van der Waals surface area contributed by atoms with Crippen LogP contribution in [0.3, 0.4) is 0 Å². The zero-order valence-electron chi connectivity index (χ0n) is 38.8. The van der Waals surface area contributed by atoms with Crippen LogP contribution in [0.5, 0.6) is 0 Å². The number of carboxylic acid groups (broad SMARTS) is 2. The summed E-state index contributed by atoms with van der Waals surface area (Å²) in [6, 6.07) is 27.2. The van der Waals surface area contributed by atoms with Crippen LogP contribution < -0.4 is 0 Å². The molecule has 380 valence electrons. The van der Waals surface area contributed by atoms with Crippen LogP contribution in [0.25, 0.3) is 44.5 Å². The molecule has 6 rings (SSSR count). The van der Waals surface area contributed by atoms with Crippen molar-refractivity contribution in [2.45, 2.75) is 87.9 Å². The highest BCUT2D eigenvalue weighted by Gasteiger charge is 2.41. The average Bonchev–Trinajstić information content (AvgIpc) is 3.32. The number of rotatable bonds is 16. The van der Waals surface area contributed by atoms with E-state index in [-0.39, 0.29) is 12.8 Å². The van der Waals surface area contributed by atoms with Crippen molar-refractivity contribution < 1.29 is 72.5 Å². The van der Waals surface area contributed by atoms with Gasteiger partial charge in [-0.05, 0) is 142 Å². The van der Waals surface area contributed by atoms with E-state index in [1.54, 1.807) is 36.4 Å². The molecule has 0 radical (unpaired) electrons. The van der Waals surface area contributed by atoms with Gasteiger partial charge in [-0.1, -0.05) is 112 Å². The summed E-state index contributed by atoms with van der Waals surface area (Å²) < 4.78 is 157. The van der Waals surface area contributed by atoms with Gasteiger partial charge in [-0.2, -0.15) is 52.7 Å². The number of carbonyl (C=O) groups is 2. The maximum absolute atomic E-state index is 13.1. The van der Waals surface area contributed by atoms with E-state index in [9.17, 15) is 72.5 Å². The predicted molar refractivity (Wildman–Crippen MR) is 253 cm³/mol. The van der Waals surface area contributed by atoms with Crippen LogP contribution in [0, 0.1) is 0 Å². The molecule has 4 nitrogen and oxygen atoms in total. The van der Waals surface area contributed by atoms with Crippen molar-refractivity contribution in [2.24, 2.45) is 0 Å². The normalized spacial score (nSPS) is 12.4. The van der Waals surface area contributed by atoms with Crippen molar-refractivity contribution in [2.75, 3.05) is 0 Å². The van der Waals surface area contributed by atoms with Gasteiger partial charge in [0.2, 0.25) is 0 Å². The van der Waals surface area contributed by atoms with E-state index in [2.05, 4.69) is 13.2 Å². The molecule has 0 aliphatic rings. The van der Waals surface area contributed by atoms with E-state index in [1.807, 2.05) is 13.8 Å². The first-order chi connectivity index (χ1) is 33.7. The SMILES string of the molecule is C=CCC(CC=C)(C(=O)O)c1ccc(-c2ccc(C(F)(F)F)cc2)c(-c2ccc(C(F)(F)F)cc2)c1.CCCC(CCC)(C(=O)O)c1ccc(-c2ccc(C(F)(F)F)cc2)c(-c2ccc(C(F)(F)F)cc2)c1. The Morgan fingerprint density at radius 1 is 0.389 bits per heavy atom. The Hall–Kier alpha value is -7.10. The second kappa shape index (κ2) is 22.1. The second-order valence-electron chi connectivity index (χ2n) is 17.1. The molecule has 0 heterocycles. The standard InChI is InChI=1S/C28H26F6O2.C28H22F6O2/c2*1-3-15-26(16-4-2,25(35)36)22-13-14-23(18-5-9-20(10-6-18)27(29,30)31)24(17-22)19-7-11-21(12-8-19)28(32,33)34/h5-14,17H,3-4,15-16H2,1-2H3,(H,35,36);3-14,17H,1-2,15-16H2,(H,35,36). The molecule has 6 aromatic carbocycles. The Morgan fingerprint density at radius 3 is 0.847 bits per heavy atom. The Bertz CT molecular complexity index is 2820. The van der Waals surface area contributed by atoms with E-state index in [0.29, 0.717) is 81.3 Å². The Labute approximate surface area is 408 Å². The molecule has 0 spiro atoms. The fourth-order valence-corrected chi connectivity index (χ4v) is 8.73. The fourth-order valence-electron chi connectivity index (χ4n) is 8.73. The van der Waals surface area contributed by atoms with Gasteiger partial charge in [-0.3, -0.25) is 9.59 Å². The molecule has 0 atom stereocenters. The van der Waals surface area contributed by atoms with E-state index in [0.717, 1.165) is 48.5 Å². The van der Waals surface area contributed by atoms with Crippen LogP contribution in [-0.4, -0.2) is 22.2 Å². The molecule has 0 fully saturated rings. The summed E-state index contributed by atoms with van der Waals surface area (Å²) in [7, 11) is 0. The van der Waals surface area contributed by atoms with E-state index in [4.69, 9.17) is 0 Å². The number of allylic oxidation sites excluding steroid dienone is 2. The highest BCUT2D eigenvalue weighted by Crippen LogP contribution is 2.44. The third-order valence-corrected chi connectivity index (χ3v) is 12.4. The molecular weight excluding hydrogens is 965 g/mol. The summed E-state index contributed by atoms with van der Waals surface area (Å²) in [6.07, 6.45) is -13.2. The van der Waals surface area contributed by atoms with Gasteiger partial charge in [-0.15, -0.1) is 13.2 Å². The minimum atomic E-state index is -4.55. The topological polar surface area (TPSA) is 74.6 Å². The summed E-state index contributed by atoms with van der Waals surface area (Å²) in [6.45, 7) is 11.0. The number of hydrogen-bond acceptors (Lipinski definition) is 2. The van der Waals surface area contributed by atoms with Gasteiger partial charge in [0.15, 0.2) is 0 Å². The molecule has 72 heavy (non-hydrogen) atoms. The van der Waals surface area contributed by atoms with Crippen molar-refractivity contribution in [1.29, 1.82) is 0 Å². The molecule has 0 saturated carbocycles. The minimum Gasteiger partial charge on any atom is -0.481 e. The monoisotopic (exact) mass is 1010 g/mol. The number of carboxylic acids is 2. The maximum Gasteiger partial charge on any atom is 0.416 e. The highest BCUT2D eigenvalue weighted by molar-refractivity contribution is 5.89. The molecule has 0 aliphatic heterocycles. The number of halogens is 12. The first-order valence-electron chi connectivity index (χ1n) is 22.3. The molecule has 0 amide bonds. The summed E-state index contributed by atoms with van der Waals surface area (Å²) in [5.74, 6) is -2.13. The van der Waals surface area contributed by atoms with Crippen LogP contribution >= 0.6 is 0 Å². The Morgan fingerprint density at radius 2 is 0.625 bits per heavy atom. The first kappa shape index (κ1) is 55.8. The van der Waals surface area contributed by atoms with E-state index in [1.165, 1.54) is 60.7 Å². The third-order valence-electron chi connectivity index (χ3n) is 12.4. The minimum absolute atomic E-state index is 0.0560. The molecule has 0 unspecified atom stereocenters. The molecule has 0 bridgehead atoms. The lowest BCUT2D eigenvalue weighted by atomic mass is 9.72.